The fraction of sp³-hybridized carbons (Fsp3) is 0.400. The van der Waals surface area contributed by atoms with Crippen LogP contribution >= 0.6 is 22.9 Å². The molecule has 0 amide bonds. The highest BCUT2D eigenvalue weighted by Crippen LogP contribution is 2.27. The van der Waals surface area contributed by atoms with Crippen molar-refractivity contribution in [3.05, 3.63) is 23.1 Å². The lowest BCUT2D eigenvalue weighted by Crippen LogP contribution is -1.84. The summed E-state index contributed by atoms with van der Waals surface area (Å²) in [5.41, 5.74) is 1.03. The number of nitrogens with zero attached hydrogens (tertiary/aromatic N) is 2. The molecule has 0 spiro atoms. The molecular formula is C10H11ClN2OS. The molecule has 0 aromatic carbocycles. The third kappa shape index (κ3) is 2.38. The predicted molar refractivity (Wildman–Crippen MR) is 61.4 cm³/mol. The molecule has 5 heteroatoms. The summed E-state index contributed by atoms with van der Waals surface area (Å²) in [6.07, 6.45) is 3.52. The topological polar surface area (TPSA) is 38.9 Å². The van der Waals surface area contributed by atoms with Crippen molar-refractivity contribution in [3.63, 3.8) is 0 Å². The molecular weight excluding hydrogens is 232 g/mol. The highest BCUT2D eigenvalue weighted by molar-refractivity contribution is 7.14. The summed E-state index contributed by atoms with van der Waals surface area (Å²) < 4.78 is 5.23. The second-order valence-electron chi connectivity index (χ2n) is 3.18. The van der Waals surface area contributed by atoms with E-state index in [1.165, 1.54) is 0 Å². The van der Waals surface area contributed by atoms with Crippen molar-refractivity contribution < 1.29 is 4.42 Å². The Balaban J connectivity index is 2.17. The number of aryl methyl sites for hydroxylation is 2. The summed E-state index contributed by atoms with van der Waals surface area (Å²) in [7, 11) is 0. The maximum Gasteiger partial charge on any atom is 0.151 e. The normalized spacial score (nSPS) is 10.8. The Morgan fingerprint density at radius 1 is 1.47 bits per heavy atom. The average molecular weight is 243 g/mol. The largest absolute Gasteiger partial charge is 0.469 e. The average Bonchev–Trinajstić information content (AvgIpc) is 2.83. The van der Waals surface area contributed by atoms with Crippen LogP contribution in [0, 0.1) is 6.92 Å². The Labute approximate surface area is 97.1 Å². The molecule has 0 atom stereocenters. The fourth-order valence-corrected chi connectivity index (χ4v) is 2.38. The number of furan rings is 1. The van der Waals surface area contributed by atoms with E-state index >= 15 is 0 Å². The lowest BCUT2D eigenvalue weighted by Gasteiger charge is -1.90. The van der Waals surface area contributed by atoms with Gasteiger partial charge in [0.05, 0.1) is 11.8 Å². The standard InChI is InChI=1S/C10H11ClN2OS/c1-7-8(4-6-14-7)10-13-12-9(15-10)3-2-5-11/h4,6H,2-3,5H2,1H3. The van der Waals surface area contributed by atoms with Gasteiger partial charge in [-0.05, 0) is 19.4 Å². The third-order valence-corrected chi connectivity index (χ3v) is 3.36. The van der Waals surface area contributed by atoms with Crippen LogP contribution in [0.3, 0.4) is 0 Å². The minimum absolute atomic E-state index is 0.666. The summed E-state index contributed by atoms with van der Waals surface area (Å²) in [4.78, 5) is 0. The molecule has 0 saturated carbocycles. The van der Waals surface area contributed by atoms with Gasteiger partial charge >= 0.3 is 0 Å². The quantitative estimate of drug-likeness (QED) is 0.773. The molecule has 0 aliphatic carbocycles. The van der Waals surface area contributed by atoms with Crippen LogP contribution in [0.2, 0.25) is 0 Å². The summed E-state index contributed by atoms with van der Waals surface area (Å²) in [5.74, 6) is 1.55. The molecule has 2 aromatic rings. The predicted octanol–water partition coefficient (Wildman–Crippen LogP) is 3.28. The molecule has 2 rings (SSSR count). The Morgan fingerprint density at radius 2 is 2.33 bits per heavy atom. The van der Waals surface area contributed by atoms with Crippen LogP contribution in [0.25, 0.3) is 10.6 Å². The first kappa shape index (κ1) is 10.6. The number of halogens is 1. The second-order valence-corrected chi connectivity index (χ2v) is 4.62. The zero-order valence-electron chi connectivity index (χ0n) is 8.36. The van der Waals surface area contributed by atoms with E-state index in [2.05, 4.69) is 10.2 Å². The molecule has 0 aliphatic rings. The van der Waals surface area contributed by atoms with Gasteiger partial charge in [0.15, 0.2) is 5.01 Å². The van der Waals surface area contributed by atoms with Crippen LogP contribution < -0.4 is 0 Å². The first-order valence-electron chi connectivity index (χ1n) is 4.74. The van der Waals surface area contributed by atoms with Gasteiger partial charge in [-0.15, -0.1) is 21.8 Å². The number of rotatable bonds is 4. The number of aromatic nitrogens is 2. The van der Waals surface area contributed by atoms with Crippen LogP contribution in [-0.2, 0) is 6.42 Å². The van der Waals surface area contributed by atoms with Gasteiger partial charge in [0.2, 0.25) is 0 Å². The summed E-state index contributed by atoms with van der Waals surface area (Å²) in [5, 5.41) is 10.2. The van der Waals surface area contributed by atoms with Crippen LogP contribution in [0.1, 0.15) is 17.2 Å². The highest BCUT2D eigenvalue weighted by atomic mass is 35.5. The molecule has 3 nitrogen and oxygen atoms in total. The lowest BCUT2D eigenvalue weighted by molar-refractivity contribution is 0.535. The van der Waals surface area contributed by atoms with E-state index in [0.717, 1.165) is 34.2 Å². The van der Waals surface area contributed by atoms with E-state index in [4.69, 9.17) is 16.0 Å². The summed E-state index contributed by atoms with van der Waals surface area (Å²) in [6.45, 7) is 1.93. The minimum Gasteiger partial charge on any atom is -0.469 e. The van der Waals surface area contributed by atoms with Crippen molar-refractivity contribution in [1.82, 2.24) is 10.2 Å². The molecule has 0 unspecified atom stereocenters. The van der Waals surface area contributed by atoms with Gasteiger partial charge in [-0.3, -0.25) is 0 Å². The molecule has 0 bridgehead atoms. The molecule has 0 saturated heterocycles. The van der Waals surface area contributed by atoms with Crippen LogP contribution in [0.15, 0.2) is 16.7 Å². The van der Waals surface area contributed by atoms with E-state index in [1.54, 1.807) is 17.6 Å². The van der Waals surface area contributed by atoms with Crippen molar-refractivity contribution in [2.24, 2.45) is 0 Å². The van der Waals surface area contributed by atoms with Crippen molar-refractivity contribution in [1.29, 1.82) is 0 Å². The van der Waals surface area contributed by atoms with Crippen molar-refractivity contribution in [2.45, 2.75) is 19.8 Å². The Kier molecular flexibility index (Phi) is 3.38. The Hall–Kier alpha value is -0.870. The van der Waals surface area contributed by atoms with Gasteiger partial charge in [-0.2, -0.15) is 0 Å². The van der Waals surface area contributed by atoms with E-state index in [0.29, 0.717) is 5.88 Å². The van der Waals surface area contributed by atoms with E-state index in [-0.39, 0.29) is 0 Å². The van der Waals surface area contributed by atoms with Crippen molar-refractivity contribution in [2.75, 3.05) is 5.88 Å². The lowest BCUT2D eigenvalue weighted by atomic mass is 10.3. The molecule has 0 aliphatic heterocycles. The zero-order valence-corrected chi connectivity index (χ0v) is 9.94. The second kappa shape index (κ2) is 4.77. The van der Waals surface area contributed by atoms with E-state index in [1.807, 2.05) is 13.0 Å². The Morgan fingerprint density at radius 3 is 3.00 bits per heavy atom. The number of hydrogen-bond donors (Lipinski definition) is 0. The molecule has 0 radical (unpaired) electrons. The SMILES string of the molecule is Cc1occc1-c1nnc(CCCCl)s1. The molecule has 80 valence electrons. The molecule has 15 heavy (non-hydrogen) atoms. The summed E-state index contributed by atoms with van der Waals surface area (Å²) in [6, 6.07) is 1.92. The van der Waals surface area contributed by atoms with Gasteiger partial charge < -0.3 is 4.42 Å². The fourth-order valence-electron chi connectivity index (χ4n) is 1.29. The van der Waals surface area contributed by atoms with Crippen LogP contribution in [0.5, 0.6) is 0 Å². The highest BCUT2D eigenvalue weighted by Gasteiger charge is 2.10. The van der Waals surface area contributed by atoms with Gasteiger partial charge in [-0.25, -0.2) is 0 Å². The van der Waals surface area contributed by atoms with Crippen molar-refractivity contribution in [3.8, 4) is 10.6 Å². The third-order valence-electron chi connectivity index (χ3n) is 2.08. The van der Waals surface area contributed by atoms with E-state index < -0.39 is 0 Å². The maximum atomic E-state index is 5.62. The summed E-state index contributed by atoms with van der Waals surface area (Å²) >= 11 is 7.23. The zero-order chi connectivity index (χ0) is 10.7. The minimum atomic E-state index is 0.666. The van der Waals surface area contributed by atoms with Crippen molar-refractivity contribution >= 4 is 22.9 Å². The van der Waals surface area contributed by atoms with Gasteiger partial charge in [0.25, 0.3) is 0 Å². The number of alkyl halides is 1. The molecule has 2 heterocycles. The van der Waals surface area contributed by atoms with Crippen LogP contribution in [0.4, 0.5) is 0 Å². The first-order valence-corrected chi connectivity index (χ1v) is 6.09. The van der Waals surface area contributed by atoms with E-state index in [9.17, 15) is 0 Å². The molecule has 0 N–H and O–H groups in total. The van der Waals surface area contributed by atoms with Gasteiger partial charge in [-0.1, -0.05) is 11.3 Å². The maximum absolute atomic E-state index is 5.62. The van der Waals surface area contributed by atoms with Crippen LogP contribution in [-0.4, -0.2) is 16.1 Å². The molecule has 0 fully saturated rings. The van der Waals surface area contributed by atoms with Gasteiger partial charge in [0.1, 0.15) is 10.8 Å². The molecule has 2 aromatic heterocycles. The van der Waals surface area contributed by atoms with Gasteiger partial charge in [0, 0.05) is 12.3 Å². The first-order chi connectivity index (χ1) is 7.31. The number of hydrogen-bond acceptors (Lipinski definition) is 4. The Bertz CT molecular complexity index is 438. The monoisotopic (exact) mass is 242 g/mol. The smallest absolute Gasteiger partial charge is 0.151 e.